The lowest BCUT2D eigenvalue weighted by Crippen LogP contribution is -2.27. The largest absolute Gasteiger partial charge is 0.326 e. The molecule has 0 aliphatic heterocycles. The lowest BCUT2D eigenvalue weighted by Gasteiger charge is -2.29. The average molecular weight is 461 g/mol. The minimum absolute atomic E-state index is 0.285. The van der Waals surface area contributed by atoms with Gasteiger partial charge in [0, 0.05) is 36.6 Å². The predicted molar refractivity (Wildman–Crippen MR) is 147 cm³/mol. The van der Waals surface area contributed by atoms with E-state index in [1.54, 1.807) is 0 Å². The molecular formula is C30H44N4. The normalized spacial score (nSPS) is 15.7. The Morgan fingerprint density at radius 3 is 2.47 bits per heavy atom. The summed E-state index contributed by atoms with van der Waals surface area (Å²) in [7, 11) is 1.96. The lowest BCUT2D eigenvalue weighted by molar-refractivity contribution is 0.571. The van der Waals surface area contributed by atoms with Crippen molar-refractivity contribution in [3.05, 3.63) is 65.0 Å². The standard InChI is InChI=1S/C30H44N4/c1-10-12-26(15-21(3)4)29-17-27(30(8)13-14-30)16-28(22(29)5)23(6)34(24(7)31-11-2)20-25-18-32-33(9)19-25/h15-19,21H,6,10-14,20H2,1-5,7-9H3/b26-15+,31-24+. The molecule has 0 radical (unpaired) electrons. The average Bonchev–Trinajstić information content (AvgIpc) is 3.39. The highest BCUT2D eigenvalue weighted by Gasteiger charge is 2.40. The first-order valence-electron chi connectivity index (χ1n) is 12.9. The molecule has 0 spiro atoms. The number of rotatable bonds is 10. The zero-order valence-electron chi connectivity index (χ0n) is 22.7. The molecule has 0 unspecified atom stereocenters. The van der Waals surface area contributed by atoms with Gasteiger partial charge in [-0.2, -0.15) is 5.10 Å². The van der Waals surface area contributed by atoms with Crippen LogP contribution in [0.3, 0.4) is 0 Å². The van der Waals surface area contributed by atoms with E-state index in [0.29, 0.717) is 12.5 Å². The van der Waals surface area contributed by atoms with Crippen LogP contribution in [0.25, 0.3) is 11.3 Å². The molecule has 184 valence electrons. The number of benzene rings is 1. The van der Waals surface area contributed by atoms with Gasteiger partial charge in [0.15, 0.2) is 0 Å². The molecule has 0 bridgehead atoms. The predicted octanol–water partition coefficient (Wildman–Crippen LogP) is 7.53. The molecule has 0 amide bonds. The van der Waals surface area contributed by atoms with Crippen molar-refractivity contribution in [3.8, 4) is 0 Å². The molecule has 1 saturated carbocycles. The van der Waals surface area contributed by atoms with Crippen molar-refractivity contribution in [1.82, 2.24) is 14.7 Å². The molecule has 1 fully saturated rings. The molecule has 1 aromatic heterocycles. The number of nitrogens with zero attached hydrogens (tertiary/aromatic N) is 4. The number of hydrogen-bond donors (Lipinski definition) is 0. The zero-order chi connectivity index (χ0) is 25.0. The van der Waals surface area contributed by atoms with Gasteiger partial charge in [0.25, 0.3) is 0 Å². The van der Waals surface area contributed by atoms with Gasteiger partial charge in [-0.05, 0) is 79.7 Å². The molecule has 1 heterocycles. The van der Waals surface area contributed by atoms with Gasteiger partial charge in [-0.1, -0.05) is 52.8 Å². The Balaban J connectivity index is 2.14. The highest BCUT2D eigenvalue weighted by atomic mass is 15.3. The summed E-state index contributed by atoms with van der Waals surface area (Å²) in [4.78, 5) is 7.02. The molecule has 34 heavy (non-hydrogen) atoms. The third kappa shape index (κ3) is 5.89. The van der Waals surface area contributed by atoms with Gasteiger partial charge in [-0.25, -0.2) is 0 Å². The third-order valence-electron chi connectivity index (χ3n) is 7.02. The van der Waals surface area contributed by atoms with Crippen LogP contribution in [0.2, 0.25) is 0 Å². The maximum absolute atomic E-state index is 4.76. The molecule has 1 aliphatic rings. The number of allylic oxidation sites excluding steroid dienone is 2. The van der Waals surface area contributed by atoms with Crippen molar-refractivity contribution in [2.75, 3.05) is 6.54 Å². The molecule has 0 N–H and O–H groups in total. The molecule has 4 heteroatoms. The van der Waals surface area contributed by atoms with Crippen LogP contribution in [0, 0.1) is 12.8 Å². The van der Waals surface area contributed by atoms with Crippen molar-refractivity contribution in [3.63, 3.8) is 0 Å². The molecule has 3 rings (SSSR count). The molecule has 1 aliphatic carbocycles. The fraction of sp³-hybridized carbons (Fsp3) is 0.533. The summed E-state index contributed by atoms with van der Waals surface area (Å²) in [6, 6.07) is 4.88. The monoisotopic (exact) mass is 460 g/mol. The maximum atomic E-state index is 4.76. The first kappa shape index (κ1) is 26.0. The van der Waals surface area contributed by atoms with Crippen LogP contribution in [-0.4, -0.2) is 27.1 Å². The van der Waals surface area contributed by atoms with Crippen molar-refractivity contribution in [2.24, 2.45) is 18.0 Å². The minimum atomic E-state index is 0.285. The Kier molecular flexibility index (Phi) is 8.22. The van der Waals surface area contributed by atoms with E-state index < -0.39 is 0 Å². The van der Waals surface area contributed by atoms with Crippen LogP contribution in [-0.2, 0) is 19.0 Å². The van der Waals surface area contributed by atoms with Crippen molar-refractivity contribution >= 4 is 17.1 Å². The van der Waals surface area contributed by atoms with Gasteiger partial charge in [-0.15, -0.1) is 0 Å². The molecule has 2 aromatic rings. The second-order valence-corrected chi connectivity index (χ2v) is 10.5. The van der Waals surface area contributed by atoms with Gasteiger partial charge in [-0.3, -0.25) is 9.67 Å². The van der Waals surface area contributed by atoms with E-state index in [4.69, 9.17) is 4.99 Å². The smallest absolute Gasteiger partial charge is 0.100 e. The van der Waals surface area contributed by atoms with E-state index in [1.807, 2.05) is 17.9 Å². The second-order valence-electron chi connectivity index (χ2n) is 10.5. The van der Waals surface area contributed by atoms with Gasteiger partial charge in [0.1, 0.15) is 5.84 Å². The van der Waals surface area contributed by atoms with Crippen LogP contribution < -0.4 is 0 Å². The highest BCUT2D eigenvalue weighted by molar-refractivity contribution is 5.90. The van der Waals surface area contributed by atoms with Gasteiger partial charge < -0.3 is 4.90 Å². The van der Waals surface area contributed by atoms with Gasteiger partial charge in [0.05, 0.1) is 12.7 Å². The fourth-order valence-electron chi connectivity index (χ4n) is 4.75. The third-order valence-corrected chi connectivity index (χ3v) is 7.02. The maximum Gasteiger partial charge on any atom is 0.100 e. The Hall–Kier alpha value is -2.62. The van der Waals surface area contributed by atoms with E-state index in [-0.39, 0.29) is 5.41 Å². The topological polar surface area (TPSA) is 33.4 Å². The van der Waals surface area contributed by atoms with Crippen molar-refractivity contribution in [2.45, 2.75) is 86.1 Å². The first-order chi connectivity index (χ1) is 16.1. The molecule has 1 aromatic carbocycles. The Morgan fingerprint density at radius 1 is 1.26 bits per heavy atom. The number of hydrogen-bond acceptors (Lipinski definition) is 2. The number of aryl methyl sites for hydroxylation is 1. The first-order valence-corrected chi connectivity index (χ1v) is 12.9. The quantitative estimate of drug-likeness (QED) is 0.271. The summed E-state index contributed by atoms with van der Waals surface area (Å²) >= 11 is 0. The molecule has 0 atom stereocenters. The summed E-state index contributed by atoms with van der Waals surface area (Å²) in [6.07, 6.45) is 11.2. The van der Waals surface area contributed by atoms with Crippen LogP contribution in [0.4, 0.5) is 0 Å². The molecule has 0 saturated heterocycles. The van der Waals surface area contributed by atoms with Crippen LogP contribution in [0.1, 0.15) is 95.0 Å². The molecule has 4 nitrogen and oxygen atoms in total. The number of amidine groups is 1. The second kappa shape index (κ2) is 10.8. The van der Waals surface area contributed by atoms with E-state index in [2.05, 4.69) is 89.4 Å². The summed E-state index contributed by atoms with van der Waals surface area (Å²) in [5.41, 5.74) is 9.32. The zero-order valence-corrected chi connectivity index (χ0v) is 22.7. The number of aromatic nitrogens is 2. The SMILES string of the molecule is C=C(c1cc(C2(C)CC2)cc(/C(=C/C(C)C)CCC)c1C)N(Cc1cnn(C)c1)/C(C)=N/CC. The van der Waals surface area contributed by atoms with E-state index in [0.717, 1.165) is 36.5 Å². The van der Waals surface area contributed by atoms with Crippen molar-refractivity contribution in [1.29, 1.82) is 0 Å². The van der Waals surface area contributed by atoms with E-state index >= 15 is 0 Å². The lowest BCUT2D eigenvalue weighted by atomic mass is 9.85. The van der Waals surface area contributed by atoms with Crippen LogP contribution in [0.15, 0.2) is 42.2 Å². The number of aliphatic imine (C=N–C) groups is 1. The summed E-state index contributed by atoms with van der Waals surface area (Å²) in [5, 5.41) is 4.38. The van der Waals surface area contributed by atoms with E-state index in [9.17, 15) is 0 Å². The molecular weight excluding hydrogens is 416 g/mol. The Morgan fingerprint density at radius 2 is 1.94 bits per heavy atom. The van der Waals surface area contributed by atoms with Crippen molar-refractivity contribution < 1.29 is 0 Å². The van der Waals surface area contributed by atoms with Gasteiger partial charge in [0.2, 0.25) is 0 Å². The summed E-state index contributed by atoms with van der Waals surface area (Å²) < 4.78 is 1.86. The van der Waals surface area contributed by atoms with E-state index in [1.165, 1.54) is 40.7 Å². The fourth-order valence-corrected chi connectivity index (χ4v) is 4.75. The summed E-state index contributed by atoms with van der Waals surface area (Å²) in [5.74, 6) is 1.51. The van der Waals surface area contributed by atoms with Gasteiger partial charge >= 0.3 is 0 Å². The minimum Gasteiger partial charge on any atom is -0.326 e. The Labute approximate surface area is 207 Å². The summed E-state index contributed by atoms with van der Waals surface area (Å²) in [6.45, 7) is 21.8. The highest BCUT2D eigenvalue weighted by Crippen LogP contribution is 2.49. The van der Waals surface area contributed by atoms with Crippen LogP contribution in [0.5, 0.6) is 0 Å². The van der Waals surface area contributed by atoms with Crippen LogP contribution >= 0.6 is 0 Å². The Bertz CT molecular complexity index is 1080.